The van der Waals surface area contributed by atoms with Gasteiger partial charge in [-0.2, -0.15) is 0 Å². The molecule has 1 N–H and O–H groups in total. The average Bonchev–Trinajstić information content (AvgIpc) is 2.61. The Balaban J connectivity index is 1.84. The molecule has 1 aromatic heterocycles. The molecule has 0 bridgehead atoms. The van der Waals surface area contributed by atoms with Crippen molar-refractivity contribution in [3.05, 3.63) is 71.9 Å². The highest BCUT2D eigenvalue weighted by Crippen LogP contribution is 2.21. The summed E-state index contributed by atoms with van der Waals surface area (Å²) in [5, 5.41) is 3.72. The van der Waals surface area contributed by atoms with Gasteiger partial charge in [-0.05, 0) is 36.8 Å². The summed E-state index contributed by atoms with van der Waals surface area (Å²) < 4.78 is 23.4. The third kappa shape index (κ3) is 3.97. The van der Waals surface area contributed by atoms with Crippen molar-refractivity contribution in [1.29, 1.82) is 0 Å². The molecule has 0 fully saturated rings. The third-order valence-corrected chi connectivity index (χ3v) is 5.08. The van der Waals surface area contributed by atoms with Gasteiger partial charge >= 0.3 is 0 Å². The Morgan fingerprint density at radius 2 is 1.88 bits per heavy atom. The van der Waals surface area contributed by atoms with Crippen molar-refractivity contribution >= 4 is 38.4 Å². The van der Waals surface area contributed by atoms with Crippen LogP contribution < -0.4 is 5.32 Å². The number of sulfone groups is 1. The van der Waals surface area contributed by atoms with Crippen LogP contribution in [0.15, 0.2) is 65.7 Å². The van der Waals surface area contributed by atoms with Crippen LogP contribution in [0.25, 0.3) is 17.0 Å². The molecule has 0 saturated heterocycles. The van der Waals surface area contributed by atoms with Gasteiger partial charge in [0.05, 0.1) is 10.4 Å². The summed E-state index contributed by atoms with van der Waals surface area (Å²) in [5.41, 5.74) is 2.90. The fraction of sp³-hybridized carbons (Fsp3) is 0.100. The number of fused-ring (bicyclic) bond motifs is 1. The van der Waals surface area contributed by atoms with Crippen molar-refractivity contribution in [2.24, 2.45) is 0 Å². The summed E-state index contributed by atoms with van der Waals surface area (Å²) in [4.78, 5) is 16.8. The second-order valence-electron chi connectivity index (χ2n) is 5.99. The number of pyridine rings is 1. The Morgan fingerprint density at radius 1 is 1.12 bits per heavy atom. The molecule has 3 aromatic rings. The Morgan fingerprint density at radius 3 is 2.65 bits per heavy atom. The van der Waals surface area contributed by atoms with Crippen LogP contribution in [0.2, 0.25) is 0 Å². The predicted molar refractivity (Wildman–Crippen MR) is 104 cm³/mol. The Bertz CT molecular complexity index is 1110. The summed E-state index contributed by atoms with van der Waals surface area (Å²) in [5.74, 6) is -0.341. The number of hydrogen-bond donors (Lipinski definition) is 1. The molecule has 0 aliphatic heterocycles. The summed E-state index contributed by atoms with van der Waals surface area (Å²) in [7, 11) is -3.34. The number of nitrogens with zero attached hydrogens (tertiary/aromatic N) is 1. The monoisotopic (exact) mass is 366 g/mol. The molecule has 0 spiro atoms. The number of carbonyl (C=O) groups excluding carboxylic acids is 1. The molecule has 0 saturated carbocycles. The lowest BCUT2D eigenvalue weighted by molar-refractivity contribution is -0.111. The first kappa shape index (κ1) is 17.8. The van der Waals surface area contributed by atoms with E-state index in [2.05, 4.69) is 10.3 Å². The van der Waals surface area contributed by atoms with Crippen LogP contribution in [-0.4, -0.2) is 25.6 Å². The molecule has 3 rings (SSSR count). The minimum absolute atomic E-state index is 0.167. The minimum Gasteiger partial charge on any atom is -0.322 e. The molecule has 26 heavy (non-hydrogen) atoms. The third-order valence-electron chi connectivity index (χ3n) is 3.97. The molecular weight excluding hydrogens is 348 g/mol. The summed E-state index contributed by atoms with van der Waals surface area (Å²) >= 11 is 0. The largest absolute Gasteiger partial charge is 0.322 e. The molecule has 0 radical (unpaired) electrons. The fourth-order valence-corrected chi connectivity index (χ4v) is 3.22. The van der Waals surface area contributed by atoms with E-state index < -0.39 is 9.84 Å². The average molecular weight is 366 g/mol. The highest BCUT2D eigenvalue weighted by atomic mass is 32.2. The molecule has 0 aliphatic rings. The maximum Gasteiger partial charge on any atom is 0.248 e. The van der Waals surface area contributed by atoms with Gasteiger partial charge < -0.3 is 5.32 Å². The Labute approximate surface area is 152 Å². The van der Waals surface area contributed by atoms with E-state index in [-0.39, 0.29) is 10.8 Å². The van der Waals surface area contributed by atoms with Gasteiger partial charge in [-0.15, -0.1) is 0 Å². The van der Waals surface area contributed by atoms with E-state index in [1.54, 1.807) is 25.3 Å². The molecule has 0 atom stereocenters. The van der Waals surface area contributed by atoms with Gasteiger partial charge in [0.1, 0.15) is 0 Å². The number of para-hydroxylation sites is 1. The zero-order valence-electron chi connectivity index (χ0n) is 14.4. The molecule has 132 valence electrons. The van der Waals surface area contributed by atoms with E-state index in [1.165, 1.54) is 18.2 Å². The number of nitrogens with one attached hydrogen (secondary N) is 1. The molecule has 6 heteroatoms. The highest BCUT2D eigenvalue weighted by Gasteiger charge is 2.10. The van der Waals surface area contributed by atoms with Gasteiger partial charge in [-0.3, -0.25) is 9.78 Å². The molecule has 0 aliphatic carbocycles. The number of anilines is 1. The van der Waals surface area contributed by atoms with E-state index >= 15 is 0 Å². The van der Waals surface area contributed by atoms with Gasteiger partial charge in [-0.1, -0.05) is 30.3 Å². The second kappa shape index (κ2) is 7.09. The topological polar surface area (TPSA) is 76.1 Å². The van der Waals surface area contributed by atoms with E-state index in [4.69, 9.17) is 0 Å². The van der Waals surface area contributed by atoms with Crippen molar-refractivity contribution in [3.8, 4) is 0 Å². The first-order valence-corrected chi connectivity index (χ1v) is 9.87. The molecule has 2 aromatic carbocycles. The molecule has 1 amide bonds. The molecule has 5 nitrogen and oxygen atoms in total. The van der Waals surface area contributed by atoms with Gasteiger partial charge in [0.2, 0.25) is 5.91 Å². The summed E-state index contributed by atoms with van der Waals surface area (Å²) in [6.07, 6.45) is 5.95. The number of aromatic nitrogens is 1. The molecule has 1 heterocycles. The van der Waals surface area contributed by atoms with Crippen molar-refractivity contribution in [3.63, 3.8) is 0 Å². The van der Waals surface area contributed by atoms with E-state index in [1.807, 2.05) is 30.3 Å². The number of aryl methyl sites for hydroxylation is 1. The zero-order chi connectivity index (χ0) is 18.7. The normalized spacial score (nSPS) is 11.8. The Kier molecular flexibility index (Phi) is 4.86. The number of hydrogen-bond acceptors (Lipinski definition) is 4. The van der Waals surface area contributed by atoms with E-state index in [9.17, 15) is 13.2 Å². The van der Waals surface area contributed by atoms with Gasteiger partial charge in [0, 0.05) is 35.2 Å². The quantitative estimate of drug-likeness (QED) is 0.716. The lowest BCUT2D eigenvalue weighted by atomic mass is 10.1. The first-order chi connectivity index (χ1) is 12.3. The van der Waals surface area contributed by atoms with Crippen LogP contribution in [0.1, 0.15) is 11.1 Å². The standard InChI is InChI=1S/C20H18N2O3S/c1-14-8-10-17(26(2,24)25)13-18(14)22-19(23)11-9-16-6-3-5-15-7-4-12-21-20(15)16/h3-13H,1-2H3,(H,22,23)/b11-9+. The van der Waals surface area contributed by atoms with Gasteiger partial charge in [-0.25, -0.2) is 8.42 Å². The number of benzene rings is 2. The van der Waals surface area contributed by atoms with Crippen LogP contribution in [0.4, 0.5) is 5.69 Å². The van der Waals surface area contributed by atoms with Gasteiger partial charge in [0.25, 0.3) is 0 Å². The van der Waals surface area contributed by atoms with Crippen LogP contribution in [0, 0.1) is 6.92 Å². The number of amides is 1. The minimum atomic E-state index is -3.34. The van der Waals surface area contributed by atoms with Crippen LogP contribution in [0.3, 0.4) is 0 Å². The van der Waals surface area contributed by atoms with Crippen molar-refractivity contribution < 1.29 is 13.2 Å². The van der Waals surface area contributed by atoms with Gasteiger partial charge in [0.15, 0.2) is 9.84 Å². The number of carbonyl (C=O) groups is 1. The maximum absolute atomic E-state index is 12.3. The smallest absolute Gasteiger partial charge is 0.248 e. The van der Waals surface area contributed by atoms with Crippen LogP contribution in [-0.2, 0) is 14.6 Å². The highest BCUT2D eigenvalue weighted by molar-refractivity contribution is 7.90. The van der Waals surface area contributed by atoms with E-state index in [0.717, 1.165) is 28.3 Å². The molecular formula is C20H18N2O3S. The predicted octanol–water partition coefficient (Wildman–Crippen LogP) is 3.60. The first-order valence-electron chi connectivity index (χ1n) is 7.98. The molecule has 0 unspecified atom stereocenters. The van der Waals surface area contributed by atoms with Crippen LogP contribution in [0.5, 0.6) is 0 Å². The summed E-state index contributed by atoms with van der Waals surface area (Å²) in [6.45, 7) is 1.81. The van der Waals surface area contributed by atoms with Crippen LogP contribution >= 0.6 is 0 Å². The van der Waals surface area contributed by atoms with E-state index in [0.29, 0.717) is 5.69 Å². The van der Waals surface area contributed by atoms with Crippen molar-refractivity contribution in [1.82, 2.24) is 4.98 Å². The lowest BCUT2D eigenvalue weighted by Gasteiger charge is -2.08. The fourth-order valence-electron chi connectivity index (χ4n) is 2.57. The number of rotatable bonds is 4. The summed E-state index contributed by atoms with van der Waals surface area (Å²) in [6, 6.07) is 14.2. The van der Waals surface area contributed by atoms with Crippen molar-refractivity contribution in [2.75, 3.05) is 11.6 Å². The SMILES string of the molecule is Cc1ccc(S(C)(=O)=O)cc1NC(=O)/C=C/c1cccc2cccnc12. The zero-order valence-corrected chi connectivity index (χ0v) is 15.2. The lowest BCUT2D eigenvalue weighted by Crippen LogP contribution is -2.10. The second-order valence-corrected chi connectivity index (χ2v) is 8.01. The van der Waals surface area contributed by atoms with Crippen molar-refractivity contribution in [2.45, 2.75) is 11.8 Å². The maximum atomic E-state index is 12.3. The Hall–Kier alpha value is -2.99.